The van der Waals surface area contributed by atoms with E-state index in [1.165, 1.54) is 17.7 Å². The van der Waals surface area contributed by atoms with Crippen LogP contribution < -0.4 is 5.32 Å². The second-order valence-corrected chi connectivity index (χ2v) is 7.47. The maximum absolute atomic E-state index is 11.9. The summed E-state index contributed by atoms with van der Waals surface area (Å²) in [7, 11) is 0. The van der Waals surface area contributed by atoms with Gasteiger partial charge in [0.1, 0.15) is 0 Å². The molecule has 1 aromatic rings. The lowest BCUT2D eigenvalue weighted by Gasteiger charge is -2.28. The maximum atomic E-state index is 11.9. The molecule has 1 atom stereocenters. The number of aliphatic hydroxyl groups excluding tert-OH is 1. The molecule has 3 nitrogen and oxygen atoms in total. The van der Waals surface area contributed by atoms with E-state index in [0.29, 0.717) is 0 Å². The quantitative estimate of drug-likeness (QED) is 0.876. The summed E-state index contributed by atoms with van der Waals surface area (Å²) in [5, 5.41) is 12.9. The van der Waals surface area contributed by atoms with E-state index in [9.17, 15) is 9.90 Å². The van der Waals surface area contributed by atoms with Crippen LogP contribution in [0.25, 0.3) is 0 Å². The Morgan fingerprint density at radius 3 is 2.70 bits per heavy atom. The van der Waals surface area contributed by atoms with Crippen molar-refractivity contribution in [2.24, 2.45) is 5.92 Å². The summed E-state index contributed by atoms with van der Waals surface area (Å²) in [4.78, 5) is 14.3. The van der Waals surface area contributed by atoms with E-state index in [0.717, 1.165) is 37.1 Å². The van der Waals surface area contributed by atoms with Crippen LogP contribution in [0.15, 0.2) is 12.1 Å². The molecule has 0 radical (unpaired) electrons. The molecule has 2 N–H and O–H groups in total. The van der Waals surface area contributed by atoms with Crippen molar-refractivity contribution in [2.45, 2.75) is 57.0 Å². The van der Waals surface area contributed by atoms with Gasteiger partial charge in [0.2, 0.25) is 5.91 Å². The fourth-order valence-electron chi connectivity index (χ4n) is 3.17. The fraction of sp³-hybridized carbons (Fsp3) is 0.688. The SMILES string of the molecule is CC(O)c1ccc(C2(CNC(=O)C3CC3)CCCC2)s1. The molecular weight excluding hydrogens is 270 g/mol. The number of aliphatic hydroxyl groups is 1. The van der Waals surface area contributed by atoms with Gasteiger partial charge in [-0.15, -0.1) is 11.3 Å². The van der Waals surface area contributed by atoms with Crippen molar-refractivity contribution in [3.63, 3.8) is 0 Å². The number of hydrogen-bond acceptors (Lipinski definition) is 3. The molecule has 0 spiro atoms. The van der Waals surface area contributed by atoms with Gasteiger partial charge < -0.3 is 10.4 Å². The Kier molecular flexibility index (Phi) is 3.87. The second-order valence-electron chi connectivity index (χ2n) is 6.36. The lowest BCUT2D eigenvalue weighted by molar-refractivity contribution is -0.122. The number of amides is 1. The first-order valence-corrected chi connectivity index (χ1v) is 8.48. The Labute approximate surface area is 124 Å². The molecule has 4 heteroatoms. The molecule has 3 rings (SSSR count). The van der Waals surface area contributed by atoms with E-state index in [-0.39, 0.29) is 17.2 Å². The van der Waals surface area contributed by atoms with Gasteiger partial charge in [0.25, 0.3) is 0 Å². The van der Waals surface area contributed by atoms with E-state index in [1.54, 1.807) is 11.3 Å². The Hall–Kier alpha value is -0.870. The molecule has 1 amide bonds. The summed E-state index contributed by atoms with van der Waals surface area (Å²) in [5.74, 6) is 0.522. The number of rotatable bonds is 5. The van der Waals surface area contributed by atoms with E-state index >= 15 is 0 Å². The monoisotopic (exact) mass is 293 g/mol. The third kappa shape index (κ3) is 2.77. The van der Waals surface area contributed by atoms with Gasteiger partial charge in [-0.05, 0) is 44.7 Å². The van der Waals surface area contributed by atoms with Crippen molar-refractivity contribution < 1.29 is 9.90 Å². The summed E-state index contributed by atoms with van der Waals surface area (Å²) in [5.41, 5.74) is 0.113. The molecule has 0 aromatic carbocycles. The zero-order valence-corrected chi connectivity index (χ0v) is 12.8. The maximum Gasteiger partial charge on any atom is 0.223 e. The van der Waals surface area contributed by atoms with Crippen LogP contribution in [0.3, 0.4) is 0 Å². The smallest absolute Gasteiger partial charge is 0.223 e. The molecule has 0 saturated heterocycles. The zero-order chi connectivity index (χ0) is 14.2. The van der Waals surface area contributed by atoms with Crippen molar-refractivity contribution >= 4 is 17.2 Å². The van der Waals surface area contributed by atoms with Gasteiger partial charge in [-0.3, -0.25) is 4.79 Å². The number of thiophene rings is 1. The van der Waals surface area contributed by atoms with Crippen molar-refractivity contribution in [2.75, 3.05) is 6.54 Å². The van der Waals surface area contributed by atoms with Gasteiger partial charge in [0.15, 0.2) is 0 Å². The van der Waals surface area contributed by atoms with Gasteiger partial charge in [-0.1, -0.05) is 12.8 Å². The molecule has 2 fully saturated rings. The molecule has 20 heavy (non-hydrogen) atoms. The molecule has 0 aliphatic heterocycles. The number of nitrogens with one attached hydrogen (secondary N) is 1. The lowest BCUT2D eigenvalue weighted by Crippen LogP contribution is -2.39. The largest absolute Gasteiger partial charge is 0.388 e. The van der Waals surface area contributed by atoms with Crippen LogP contribution in [-0.2, 0) is 10.2 Å². The minimum Gasteiger partial charge on any atom is -0.388 e. The summed E-state index contributed by atoms with van der Waals surface area (Å²) in [6.45, 7) is 2.58. The lowest BCUT2D eigenvalue weighted by atomic mass is 9.84. The summed E-state index contributed by atoms with van der Waals surface area (Å²) in [6.07, 6.45) is 6.50. The van der Waals surface area contributed by atoms with Crippen molar-refractivity contribution in [1.29, 1.82) is 0 Å². The highest BCUT2D eigenvalue weighted by molar-refractivity contribution is 7.12. The summed E-state index contributed by atoms with van der Waals surface area (Å²) >= 11 is 1.71. The average Bonchev–Trinajstić information content (AvgIpc) is 2.97. The third-order valence-electron chi connectivity index (χ3n) is 4.67. The Morgan fingerprint density at radius 1 is 1.45 bits per heavy atom. The van der Waals surface area contributed by atoms with Crippen LogP contribution in [0, 0.1) is 5.92 Å². The molecule has 2 aliphatic rings. The molecule has 110 valence electrons. The highest BCUT2D eigenvalue weighted by Crippen LogP contribution is 2.44. The van der Waals surface area contributed by atoms with Gasteiger partial charge in [-0.25, -0.2) is 0 Å². The molecule has 0 bridgehead atoms. The van der Waals surface area contributed by atoms with Crippen LogP contribution in [0.1, 0.15) is 61.3 Å². The van der Waals surface area contributed by atoms with Crippen molar-refractivity contribution in [3.8, 4) is 0 Å². The van der Waals surface area contributed by atoms with E-state index in [4.69, 9.17) is 0 Å². The predicted octanol–water partition coefficient (Wildman–Crippen LogP) is 3.14. The molecule has 1 unspecified atom stereocenters. The highest BCUT2D eigenvalue weighted by Gasteiger charge is 2.38. The predicted molar refractivity (Wildman–Crippen MR) is 80.8 cm³/mol. The van der Waals surface area contributed by atoms with E-state index in [2.05, 4.69) is 11.4 Å². The first-order valence-electron chi connectivity index (χ1n) is 7.67. The number of hydrogen-bond donors (Lipinski definition) is 2. The first kappa shape index (κ1) is 14.1. The van der Waals surface area contributed by atoms with Gasteiger partial charge >= 0.3 is 0 Å². The second kappa shape index (κ2) is 5.49. The first-order chi connectivity index (χ1) is 9.61. The Balaban J connectivity index is 1.73. The van der Waals surface area contributed by atoms with E-state index in [1.807, 2.05) is 13.0 Å². The molecule has 1 heterocycles. The normalized spacial score (nSPS) is 22.7. The third-order valence-corrected chi connectivity index (χ3v) is 6.17. The minimum atomic E-state index is -0.395. The van der Waals surface area contributed by atoms with Gasteiger partial charge in [0, 0.05) is 27.6 Å². The Morgan fingerprint density at radius 2 is 2.15 bits per heavy atom. The molecule has 1 aromatic heterocycles. The van der Waals surface area contributed by atoms with Crippen LogP contribution in [0.4, 0.5) is 0 Å². The average molecular weight is 293 g/mol. The molecule has 2 aliphatic carbocycles. The van der Waals surface area contributed by atoms with Gasteiger partial charge in [0.05, 0.1) is 6.10 Å². The Bertz CT molecular complexity index is 484. The zero-order valence-electron chi connectivity index (χ0n) is 12.0. The fourth-order valence-corrected chi connectivity index (χ4v) is 4.36. The summed E-state index contributed by atoms with van der Waals surface area (Å²) in [6, 6.07) is 4.19. The van der Waals surface area contributed by atoms with Crippen molar-refractivity contribution in [3.05, 3.63) is 21.9 Å². The summed E-state index contributed by atoms with van der Waals surface area (Å²) < 4.78 is 0. The molecule has 2 saturated carbocycles. The van der Waals surface area contributed by atoms with Crippen LogP contribution in [0.2, 0.25) is 0 Å². The number of carbonyl (C=O) groups is 1. The van der Waals surface area contributed by atoms with Gasteiger partial charge in [-0.2, -0.15) is 0 Å². The van der Waals surface area contributed by atoms with Crippen LogP contribution in [-0.4, -0.2) is 17.6 Å². The van der Waals surface area contributed by atoms with Crippen LogP contribution in [0.5, 0.6) is 0 Å². The standard InChI is InChI=1S/C16H23NO2S/c1-11(18)13-6-7-14(20-13)16(8-2-3-9-16)10-17-15(19)12-4-5-12/h6-7,11-12,18H,2-5,8-10H2,1H3,(H,17,19). The highest BCUT2D eigenvalue weighted by atomic mass is 32.1. The van der Waals surface area contributed by atoms with E-state index < -0.39 is 6.10 Å². The van der Waals surface area contributed by atoms with Crippen LogP contribution >= 0.6 is 11.3 Å². The number of carbonyl (C=O) groups excluding carboxylic acids is 1. The topological polar surface area (TPSA) is 49.3 Å². The molecular formula is C16H23NO2S. The van der Waals surface area contributed by atoms with Crippen molar-refractivity contribution in [1.82, 2.24) is 5.32 Å². The minimum absolute atomic E-state index is 0.113.